The molecule has 2 aromatic carbocycles. The zero-order chi connectivity index (χ0) is 24.3. The van der Waals surface area contributed by atoms with Crippen molar-refractivity contribution in [3.05, 3.63) is 59.7 Å². The van der Waals surface area contributed by atoms with Gasteiger partial charge < -0.3 is 29.7 Å². The maximum Gasteiger partial charge on any atom is 0.407 e. The summed E-state index contributed by atoms with van der Waals surface area (Å²) < 4.78 is 16.5. The van der Waals surface area contributed by atoms with Crippen LogP contribution in [0.3, 0.4) is 0 Å². The first-order chi connectivity index (χ1) is 17.2. The van der Waals surface area contributed by atoms with Gasteiger partial charge >= 0.3 is 6.09 Å². The molecule has 0 unspecified atom stereocenters. The molecule has 4 rings (SSSR count). The van der Waals surface area contributed by atoms with Gasteiger partial charge in [-0.05, 0) is 48.2 Å². The Morgan fingerprint density at radius 1 is 0.857 bits per heavy atom. The van der Waals surface area contributed by atoms with Crippen molar-refractivity contribution in [3.8, 4) is 11.1 Å². The van der Waals surface area contributed by atoms with Crippen molar-refractivity contribution in [1.29, 1.82) is 0 Å². The number of carbonyl (C=O) groups is 2. The Labute approximate surface area is 208 Å². The standard InChI is InChI=1S/C27H35N3O5.H2/c31-26(28-11-15-33-17-18-34-16-14-30-12-5-6-13-30)19-29-27(32)35-20-25-23-9-3-1-7-21(23)22-8-2-4-10-24(22)25;/h1-4,7-10,25H,5-6,11-20H2,(H,28,31)(H,29,32);1H/i;1+2. The van der Waals surface area contributed by atoms with Crippen molar-refractivity contribution >= 4 is 12.0 Å². The maximum absolute atomic E-state index is 12.2. The Morgan fingerprint density at radius 2 is 1.49 bits per heavy atom. The highest BCUT2D eigenvalue weighted by Gasteiger charge is 2.29. The molecule has 0 radical (unpaired) electrons. The van der Waals surface area contributed by atoms with Gasteiger partial charge in [-0.3, -0.25) is 4.79 Å². The number of nitrogens with zero attached hydrogens (tertiary/aromatic N) is 1. The number of hydrogen-bond acceptors (Lipinski definition) is 6. The number of rotatable bonds is 13. The molecule has 8 nitrogen and oxygen atoms in total. The molecule has 2 N–H and O–H groups in total. The molecule has 1 aliphatic carbocycles. The fourth-order valence-electron chi connectivity index (χ4n) is 4.65. The summed E-state index contributed by atoms with van der Waals surface area (Å²) in [5.74, 6) is -0.299. The van der Waals surface area contributed by atoms with E-state index >= 15 is 0 Å². The zero-order valence-corrected chi connectivity index (χ0v) is 20.2. The fourth-order valence-corrected chi connectivity index (χ4v) is 4.65. The first kappa shape index (κ1) is 25.2. The van der Waals surface area contributed by atoms with Crippen LogP contribution >= 0.6 is 0 Å². The summed E-state index contributed by atoms with van der Waals surface area (Å²) in [6, 6.07) is 16.3. The third kappa shape index (κ3) is 7.27. The molecule has 2 aliphatic rings. The molecule has 190 valence electrons. The van der Waals surface area contributed by atoms with E-state index in [4.69, 9.17) is 14.2 Å². The summed E-state index contributed by atoms with van der Waals surface area (Å²) >= 11 is 0. The van der Waals surface area contributed by atoms with E-state index in [1.807, 2.05) is 24.3 Å². The van der Waals surface area contributed by atoms with Gasteiger partial charge in [0.1, 0.15) is 6.61 Å². The third-order valence-corrected chi connectivity index (χ3v) is 6.43. The number of amides is 2. The zero-order valence-electron chi connectivity index (χ0n) is 20.2. The Hall–Kier alpha value is -2.94. The maximum atomic E-state index is 12.2. The van der Waals surface area contributed by atoms with Crippen molar-refractivity contribution in [1.82, 2.24) is 15.5 Å². The molecule has 0 bridgehead atoms. The van der Waals surface area contributed by atoms with Crippen molar-refractivity contribution in [2.75, 3.05) is 65.8 Å². The lowest BCUT2D eigenvalue weighted by Gasteiger charge is -2.14. The van der Waals surface area contributed by atoms with Gasteiger partial charge in [-0.2, -0.15) is 0 Å². The van der Waals surface area contributed by atoms with Gasteiger partial charge in [-0.1, -0.05) is 48.5 Å². The second kappa shape index (κ2) is 13.2. The monoisotopic (exact) mass is 485 g/mol. The van der Waals surface area contributed by atoms with Gasteiger partial charge in [-0.25, -0.2) is 4.79 Å². The SMILES string of the molecule is O=C(CNC(=O)OCC1c2ccccc2-c2ccccc21)NCCOCCOCCN1CCCC1.[3HH]. The number of benzene rings is 2. The number of carbonyl (C=O) groups excluding carboxylic acids is 2. The molecule has 0 aromatic heterocycles. The van der Waals surface area contributed by atoms with E-state index < -0.39 is 6.09 Å². The predicted molar refractivity (Wildman–Crippen MR) is 136 cm³/mol. The average molecular weight is 486 g/mol. The summed E-state index contributed by atoms with van der Waals surface area (Å²) in [6.45, 7) is 5.94. The van der Waals surface area contributed by atoms with Crippen molar-refractivity contribution in [2.45, 2.75) is 18.8 Å². The van der Waals surface area contributed by atoms with E-state index in [1.165, 1.54) is 37.1 Å². The first-order valence-corrected chi connectivity index (χ1v) is 12.5. The minimum Gasteiger partial charge on any atom is -0.449 e. The molecule has 1 saturated heterocycles. The number of ether oxygens (including phenoxy) is 3. The fraction of sp³-hybridized carbons (Fsp3) is 0.481. The first-order valence-electron chi connectivity index (χ1n) is 12.5. The van der Waals surface area contributed by atoms with E-state index in [2.05, 4.69) is 39.8 Å². The smallest absolute Gasteiger partial charge is 0.407 e. The van der Waals surface area contributed by atoms with Gasteiger partial charge in [0.05, 0.1) is 33.0 Å². The van der Waals surface area contributed by atoms with Crippen LogP contribution in [0.15, 0.2) is 48.5 Å². The quantitative estimate of drug-likeness (QED) is 0.424. The third-order valence-electron chi connectivity index (χ3n) is 6.43. The van der Waals surface area contributed by atoms with E-state index in [0.717, 1.165) is 24.3 Å². The predicted octanol–water partition coefficient (Wildman–Crippen LogP) is 3.02. The van der Waals surface area contributed by atoms with Crippen LogP contribution in [0.1, 0.15) is 31.3 Å². The van der Waals surface area contributed by atoms with Gasteiger partial charge in [0.25, 0.3) is 0 Å². The largest absolute Gasteiger partial charge is 0.449 e. The highest BCUT2D eigenvalue weighted by Crippen LogP contribution is 2.44. The van der Waals surface area contributed by atoms with Crippen LogP contribution in [0.4, 0.5) is 4.79 Å². The number of alkyl carbamates (subject to hydrolysis) is 1. The van der Waals surface area contributed by atoms with Crippen LogP contribution in [0.2, 0.25) is 0 Å². The van der Waals surface area contributed by atoms with Crippen LogP contribution in [0, 0.1) is 0 Å². The second-order valence-corrected chi connectivity index (χ2v) is 8.80. The normalized spacial score (nSPS) is 15.0. The van der Waals surface area contributed by atoms with Gasteiger partial charge in [-0.15, -0.1) is 0 Å². The molecule has 0 atom stereocenters. The van der Waals surface area contributed by atoms with E-state index in [0.29, 0.717) is 26.4 Å². The van der Waals surface area contributed by atoms with Gasteiger partial charge in [0.2, 0.25) is 5.91 Å². The lowest BCUT2D eigenvalue weighted by atomic mass is 9.98. The summed E-state index contributed by atoms with van der Waals surface area (Å²) in [5, 5.41) is 5.23. The topological polar surface area (TPSA) is 89.1 Å². The molecule has 0 spiro atoms. The highest BCUT2D eigenvalue weighted by atomic mass is 16.5. The average Bonchev–Trinajstić information content (AvgIpc) is 3.51. The summed E-state index contributed by atoms with van der Waals surface area (Å²) in [4.78, 5) is 26.5. The minimum absolute atomic E-state index is 0. The summed E-state index contributed by atoms with van der Waals surface area (Å²) in [5.41, 5.74) is 4.65. The highest BCUT2D eigenvalue weighted by molar-refractivity contribution is 5.82. The molecule has 8 heteroatoms. The van der Waals surface area contributed by atoms with Gasteiger partial charge in [0, 0.05) is 20.4 Å². The van der Waals surface area contributed by atoms with Crippen LogP contribution in [0.5, 0.6) is 0 Å². The molecule has 35 heavy (non-hydrogen) atoms. The van der Waals surface area contributed by atoms with E-state index in [9.17, 15) is 9.59 Å². The molecule has 1 aliphatic heterocycles. The van der Waals surface area contributed by atoms with Crippen LogP contribution < -0.4 is 10.6 Å². The number of fused-ring (bicyclic) bond motifs is 3. The molecular formula is C27H37N3O5. The van der Waals surface area contributed by atoms with Crippen molar-refractivity contribution in [3.63, 3.8) is 0 Å². The van der Waals surface area contributed by atoms with Gasteiger partial charge in [0.15, 0.2) is 0 Å². The lowest BCUT2D eigenvalue weighted by molar-refractivity contribution is -0.120. The molecule has 0 saturated carbocycles. The lowest BCUT2D eigenvalue weighted by Crippen LogP contribution is -2.38. The van der Waals surface area contributed by atoms with Crippen LogP contribution in [-0.4, -0.2) is 82.7 Å². The number of hydrogen-bond donors (Lipinski definition) is 2. The summed E-state index contributed by atoms with van der Waals surface area (Å²) in [6.07, 6.45) is 1.97. The molecular weight excluding hydrogens is 446 g/mol. The molecule has 1 fully saturated rings. The second-order valence-electron chi connectivity index (χ2n) is 8.80. The summed E-state index contributed by atoms with van der Waals surface area (Å²) in [7, 11) is 0. The minimum atomic E-state index is -0.607. The number of nitrogens with one attached hydrogen (secondary N) is 2. The molecule has 2 amide bonds. The van der Waals surface area contributed by atoms with E-state index in [-0.39, 0.29) is 26.4 Å². The Kier molecular flexibility index (Phi) is 9.51. The van der Waals surface area contributed by atoms with Crippen molar-refractivity contribution in [2.24, 2.45) is 0 Å². The Morgan fingerprint density at radius 3 is 2.17 bits per heavy atom. The molecule has 1 heterocycles. The van der Waals surface area contributed by atoms with Crippen LogP contribution in [-0.2, 0) is 19.0 Å². The Bertz CT molecular complexity index is 938. The van der Waals surface area contributed by atoms with Crippen molar-refractivity contribution < 1.29 is 25.2 Å². The van der Waals surface area contributed by atoms with Crippen LogP contribution in [0.25, 0.3) is 11.1 Å². The Balaban J connectivity index is 0.00000361. The molecule has 2 aromatic rings. The van der Waals surface area contributed by atoms with E-state index in [1.54, 1.807) is 0 Å². The number of likely N-dealkylation sites (tertiary alicyclic amines) is 1.